The highest BCUT2D eigenvalue weighted by molar-refractivity contribution is 8.16. The summed E-state index contributed by atoms with van der Waals surface area (Å²) >= 11 is 1.44. The second kappa shape index (κ2) is 12.0. The van der Waals surface area contributed by atoms with Crippen LogP contribution in [0.3, 0.4) is 0 Å². The number of amides is 1. The van der Waals surface area contributed by atoms with Gasteiger partial charge in [-0.3, -0.25) is 9.78 Å². The number of fused-ring (bicyclic) bond motifs is 1. The van der Waals surface area contributed by atoms with Gasteiger partial charge in [0.1, 0.15) is 11.5 Å². The van der Waals surface area contributed by atoms with Gasteiger partial charge >= 0.3 is 5.97 Å². The van der Waals surface area contributed by atoms with E-state index in [0.717, 1.165) is 17.0 Å². The number of amidine groups is 1. The summed E-state index contributed by atoms with van der Waals surface area (Å²) in [7, 11) is 1.37. The summed E-state index contributed by atoms with van der Waals surface area (Å²) in [5, 5.41) is 5.57. The van der Waals surface area contributed by atoms with Crippen LogP contribution in [-0.2, 0) is 20.9 Å². The molecule has 1 atom stereocenters. The minimum Gasteiger partial charge on any atom is -0.466 e. The Morgan fingerprint density at radius 1 is 1.03 bits per heavy atom. The molecule has 5 rings (SSSR count). The van der Waals surface area contributed by atoms with Gasteiger partial charge in [0.15, 0.2) is 5.17 Å². The molecule has 0 fully saturated rings. The van der Waals surface area contributed by atoms with Crippen molar-refractivity contribution >= 4 is 28.8 Å². The average molecular weight is 541 g/mol. The van der Waals surface area contributed by atoms with E-state index >= 15 is 0 Å². The Labute approximate surface area is 231 Å². The van der Waals surface area contributed by atoms with Gasteiger partial charge in [-0.15, -0.1) is 0 Å². The van der Waals surface area contributed by atoms with E-state index in [1.807, 2.05) is 90.0 Å². The number of nitrogens with zero attached hydrogens (tertiary/aromatic N) is 3. The molecule has 2 aromatic carbocycles. The van der Waals surface area contributed by atoms with Crippen molar-refractivity contribution in [2.75, 3.05) is 7.11 Å². The molecule has 1 unspecified atom stereocenters. The molecule has 0 saturated heterocycles. The fourth-order valence-corrected chi connectivity index (χ4v) is 5.46. The fraction of sp³-hybridized carbons (Fsp3) is 0.200. The van der Waals surface area contributed by atoms with Crippen LogP contribution >= 0.6 is 11.8 Å². The van der Waals surface area contributed by atoms with Crippen molar-refractivity contribution in [2.24, 2.45) is 4.99 Å². The number of benzene rings is 2. The molecular formula is C30H28N4O4S. The molecule has 3 heterocycles. The van der Waals surface area contributed by atoms with Gasteiger partial charge in [-0.05, 0) is 53.8 Å². The molecule has 3 aromatic rings. The number of ether oxygens (including phenoxy) is 2. The van der Waals surface area contributed by atoms with Crippen LogP contribution in [0.4, 0.5) is 0 Å². The maximum Gasteiger partial charge on any atom is 0.338 e. The quantitative estimate of drug-likeness (QED) is 0.347. The highest BCUT2D eigenvalue weighted by Gasteiger charge is 2.41. The molecule has 1 N–H and O–H groups in total. The number of carbonyl (C=O) groups is 2. The van der Waals surface area contributed by atoms with Crippen LogP contribution in [0.2, 0.25) is 0 Å². The molecule has 0 spiro atoms. The Bertz CT molecular complexity index is 1450. The Balaban J connectivity index is 1.46. The normalized spacial score (nSPS) is 16.3. The zero-order valence-corrected chi connectivity index (χ0v) is 22.5. The lowest BCUT2D eigenvalue weighted by atomic mass is 9.92. The number of esters is 1. The van der Waals surface area contributed by atoms with E-state index in [9.17, 15) is 9.59 Å². The number of aromatic nitrogens is 1. The summed E-state index contributed by atoms with van der Waals surface area (Å²) in [5.41, 5.74) is 3.45. The molecule has 198 valence electrons. The topological polar surface area (TPSA) is 93.1 Å². The first-order valence-corrected chi connectivity index (χ1v) is 13.5. The van der Waals surface area contributed by atoms with Crippen molar-refractivity contribution in [1.82, 2.24) is 15.2 Å². The summed E-state index contributed by atoms with van der Waals surface area (Å²) in [6.07, 6.45) is 2.37. The number of aliphatic imine (C=N–C) groups is 1. The third kappa shape index (κ3) is 5.88. The molecule has 0 saturated carbocycles. The standard InChI is InChI=1S/C30H28N4O4S/c1-3-25-27(29(36)37-2)28(20-10-9-14-24(16-20)38-23-12-5-4-6-13-23)34-22(19-39-30(34)33-25)17-26(35)32-18-21-11-7-8-15-31-21/h4-16,19,28H,3,17-18H2,1-2H3,(H,32,35). The molecular weight excluding hydrogens is 512 g/mol. The van der Waals surface area contributed by atoms with Gasteiger partial charge in [0, 0.05) is 11.9 Å². The predicted molar refractivity (Wildman–Crippen MR) is 151 cm³/mol. The van der Waals surface area contributed by atoms with Crippen LogP contribution < -0.4 is 10.1 Å². The van der Waals surface area contributed by atoms with E-state index in [1.54, 1.807) is 6.20 Å². The maximum absolute atomic E-state index is 13.2. The van der Waals surface area contributed by atoms with E-state index in [2.05, 4.69) is 10.3 Å². The van der Waals surface area contributed by atoms with Gasteiger partial charge in [0.25, 0.3) is 0 Å². The third-order valence-corrected chi connectivity index (χ3v) is 7.21. The monoisotopic (exact) mass is 540 g/mol. The number of hydrogen-bond acceptors (Lipinski definition) is 8. The Kier molecular flexibility index (Phi) is 8.07. The number of hydrogen-bond donors (Lipinski definition) is 1. The van der Waals surface area contributed by atoms with Crippen LogP contribution in [0.5, 0.6) is 11.5 Å². The highest BCUT2D eigenvalue weighted by atomic mass is 32.2. The second-order valence-electron chi connectivity index (χ2n) is 8.86. The van der Waals surface area contributed by atoms with E-state index in [4.69, 9.17) is 14.5 Å². The SMILES string of the molecule is CCC1=C(C(=O)OC)C(c2cccc(Oc3ccccc3)c2)N2C(CC(=O)NCc3ccccn3)=CSC2=N1. The molecule has 1 aromatic heterocycles. The van der Waals surface area contributed by atoms with E-state index in [-0.39, 0.29) is 12.3 Å². The number of carbonyl (C=O) groups excluding carboxylic acids is 2. The largest absolute Gasteiger partial charge is 0.466 e. The smallest absolute Gasteiger partial charge is 0.338 e. The first kappa shape index (κ1) is 26.2. The molecule has 2 aliphatic rings. The van der Waals surface area contributed by atoms with Crippen LogP contribution in [-0.4, -0.2) is 34.0 Å². The summed E-state index contributed by atoms with van der Waals surface area (Å²) in [6.45, 7) is 2.29. The lowest BCUT2D eigenvalue weighted by Crippen LogP contribution is -2.38. The minimum atomic E-state index is -0.538. The summed E-state index contributed by atoms with van der Waals surface area (Å²) < 4.78 is 11.3. The number of rotatable bonds is 9. The van der Waals surface area contributed by atoms with Gasteiger partial charge in [-0.1, -0.05) is 55.1 Å². The number of pyridine rings is 1. The Morgan fingerprint density at radius 2 is 1.82 bits per heavy atom. The van der Waals surface area contributed by atoms with E-state index in [1.165, 1.54) is 18.9 Å². The maximum atomic E-state index is 13.2. The average Bonchev–Trinajstić information content (AvgIpc) is 3.37. The summed E-state index contributed by atoms with van der Waals surface area (Å²) in [4.78, 5) is 37.1. The van der Waals surface area contributed by atoms with E-state index in [0.29, 0.717) is 40.9 Å². The summed E-state index contributed by atoms with van der Waals surface area (Å²) in [5.74, 6) is 0.736. The summed E-state index contributed by atoms with van der Waals surface area (Å²) in [6, 6.07) is 22.2. The van der Waals surface area contributed by atoms with Crippen LogP contribution in [0.25, 0.3) is 0 Å². The van der Waals surface area contributed by atoms with Gasteiger partial charge in [-0.25, -0.2) is 9.79 Å². The molecule has 2 aliphatic heterocycles. The lowest BCUT2D eigenvalue weighted by molar-refractivity contribution is -0.136. The Morgan fingerprint density at radius 3 is 2.56 bits per heavy atom. The predicted octanol–water partition coefficient (Wildman–Crippen LogP) is 5.72. The zero-order chi connectivity index (χ0) is 27.2. The molecule has 0 aliphatic carbocycles. The molecule has 0 radical (unpaired) electrons. The minimum absolute atomic E-state index is 0.117. The Hall–Kier alpha value is -4.37. The fourth-order valence-electron chi connectivity index (χ4n) is 4.52. The van der Waals surface area contributed by atoms with Crippen LogP contribution in [0.15, 0.2) is 106 Å². The number of thioether (sulfide) groups is 1. The molecule has 39 heavy (non-hydrogen) atoms. The van der Waals surface area contributed by atoms with Crippen LogP contribution in [0.1, 0.15) is 37.1 Å². The van der Waals surface area contributed by atoms with Crippen molar-refractivity contribution in [1.29, 1.82) is 0 Å². The van der Waals surface area contributed by atoms with E-state index < -0.39 is 12.0 Å². The third-order valence-electron chi connectivity index (χ3n) is 6.32. The number of allylic oxidation sites excluding steroid dienone is 1. The second-order valence-corrected chi connectivity index (χ2v) is 9.70. The van der Waals surface area contributed by atoms with Crippen molar-refractivity contribution in [3.8, 4) is 11.5 Å². The van der Waals surface area contributed by atoms with Gasteiger partial charge in [-0.2, -0.15) is 0 Å². The number of nitrogens with one attached hydrogen (secondary N) is 1. The van der Waals surface area contributed by atoms with Crippen molar-refractivity contribution < 1.29 is 19.1 Å². The van der Waals surface area contributed by atoms with Crippen molar-refractivity contribution in [3.63, 3.8) is 0 Å². The number of methoxy groups -OCH3 is 1. The highest BCUT2D eigenvalue weighted by Crippen LogP contribution is 2.46. The van der Waals surface area contributed by atoms with Gasteiger partial charge < -0.3 is 19.7 Å². The lowest BCUT2D eigenvalue weighted by Gasteiger charge is -2.36. The number of para-hydroxylation sites is 1. The molecule has 8 nitrogen and oxygen atoms in total. The zero-order valence-electron chi connectivity index (χ0n) is 21.7. The molecule has 0 bridgehead atoms. The van der Waals surface area contributed by atoms with Crippen molar-refractivity contribution in [2.45, 2.75) is 32.4 Å². The first-order valence-electron chi connectivity index (χ1n) is 12.6. The van der Waals surface area contributed by atoms with Crippen molar-refractivity contribution in [3.05, 3.63) is 113 Å². The van der Waals surface area contributed by atoms with Gasteiger partial charge in [0.05, 0.1) is 43.1 Å². The first-order chi connectivity index (χ1) is 19.1. The van der Waals surface area contributed by atoms with Gasteiger partial charge in [0.2, 0.25) is 5.91 Å². The molecule has 1 amide bonds. The molecule has 9 heteroatoms. The van der Waals surface area contributed by atoms with Crippen LogP contribution in [0, 0.1) is 0 Å².